The number of urea groups is 1. The molecule has 1 aliphatic heterocycles. The van der Waals surface area contributed by atoms with Crippen LogP contribution in [0.25, 0.3) is 10.6 Å². The summed E-state index contributed by atoms with van der Waals surface area (Å²) in [6.07, 6.45) is 0.445. The Bertz CT molecular complexity index is 802. The number of thiophene rings is 1. The molecule has 0 bridgehead atoms. The van der Waals surface area contributed by atoms with Gasteiger partial charge in [-0.1, -0.05) is 11.6 Å². The molecule has 1 aliphatic rings. The second kappa shape index (κ2) is 6.10. The summed E-state index contributed by atoms with van der Waals surface area (Å²) in [6, 6.07) is 5.12. The van der Waals surface area contributed by atoms with Crippen LogP contribution in [0.15, 0.2) is 18.2 Å². The van der Waals surface area contributed by atoms with E-state index in [0.29, 0.717) is 23.1 Å². The molecule has 24 heavy (non-hydrogen) atoms. The zero-order chi connectivity index (χ0) is 17.5. The Morgan fingerprint density at radius 1 is 1.46 bits per heavy atom. The minimum Gasteiger partial charge on any atom is -0.481 e. The van der Waals surface area contributed by atoms with Crippen molar-refractivity contribution in [2.45, 2.75) is 13.3 Å². The third kappa shape index (κ3) is 3.11. The number of aryl methyl sites for hydroxylation is 1. The molecule has 3 heterocycles. The first-order chi connectivity index (χ1) is 11.3. The van der Waals surface area contributed by atoms with E-state index in [0.717, 1.165) is 10.6 Å². The van der Waals surface area contributed by atoms with E-state index >= 15 is 0 Å². The smallest absolute Gasteiger partial charge is 0.323 e. The number of hydrogen-bond donors (Lipinski definition) is 2. The molecule has 1 atom stereocenters. The lowest BCUT2D eigenvalue weighted by atomic mass is 9.90. The van der Waals surface area contributed by atoms with Gasteiger partial charge in [-0.05, 0) is 25.5 Å². The van der Waals surface area contributed by atoms with Gasteiger partial charge in [0.25, 0.3) is 0 Å². The van der Waals surface area contributed by atoms with Crippen LogP contribution in [-0.2, 0) is 11.8 Å². The first-order valence-electron chi connectivity index (χ1n) is 7.37. The highest BCUT2D eigenvalue weighted by Gasteiger charge is 2.42. The van der Waals surface area contributed by atoms with Gasteiger partial charge in [0.1, 0.15) is 11.5 Å². The highest BCUT2D eigenvalue weighted by Crippen LogP contribution is 2.32. The number of halogens is 1. The van der Waals surface area contributed by atoms with Crippen molar-refractivity contribution in [2.75, 3.05) is 18.4 Å². The van der Waals surface area contributed by atoms with E-state index in [1.807, 2.05) is 6.07 Å². The molecule has 0 saturated carbocycles. The van der Waals surface area contributed by atoms with Crippen LogP contribution >= 0.6 is 22.9 Å². The molecule has 0 radical (unpaired) electrons. The van der Waals surface area contributed by atoms with Crippen molar-refractivity contribution >= 4 is 40.8 Å². The first-order valence-corrected chi connectivity index (χ1v) is 8.57. The van der Waals surface area contributed by atoms with Gasteiger partial charge in [0.15, 0.2) is 0 Å². The topological polar surface area (TPSA) is 87.5 Å². The largest absolute Gasteiger partial charge is 0.481 e. The predicted molar refractivity (Wildman–Crippen MR) is 92.5 cm³/mol. The average Bonchev–Trinajstić information content (AvgIpc) is 3.20. The Labute approximate surface area is 147 Å². The van der Waals surface area contributed by atoms with Crippen LogP contribution in [0.4, 0.5) is 10.6 Å². The molecule has 1 fully saturated rings. The lowest BCUT2D eigenvalue weighted by molar-refractivity contribution is -0.146. The van der Waals surface area contributed by atoms with Crippen LogP contribution in [0.2, 0.25) is 4.34 Å². The summed E-state index contributed by atoms with van der Waals surface area (Å²) in [7, 11) is 1.74. The van der Waals surface area contributed by atoms with Gasteiger partial charge in [0.05, 0.1) is 14.6 Å². The number of carboxylic acid groups (broad SMARTS) is 1. The quantitative estimate of drug-likeness (QED) is 0.871. The molecule has 1 unspecified atom stereocenters. The SMILES string of the molecule is Cn1nc(-c2ccc(Cl)s2)cc1NC(=O)N1CCC(C)(C(=O)O)C1. The van der Waals surface area contributed by atoms with Crippen molar-refractivity contribution in [1.29, 1.82) is 0 Å². The van der Waals surface area contributed by atoms with Gasteiger partial charge in [0.2, 0.25) is 0 Å². The number of nitrogens with one attached hydrogen (secondary N) is 1. The van der Waals surface area contributed by atoms with Crippen LogP contribution < -0.4 is 5.32 Å². The molecular formula is C15H17ClN4O3S. The zero-order valence-electron chi connectivity index (χ0n) is 13.2. The van der Waals surface area contributed by atoms with Gasteiger partial charge in [0, 0.05) is 26.2 Å². The maximum Gasteiger partial charge on any atom is 0.323 e. The van der Waals surface area contributed by atoms with Gasteiger partial charge in [-0.15, -0.1) is 11.3 Å². The lowest BCUT2D eigenvalue weighted by Gasteiger charge is -2.20. The predicted octanol–water partition coefficient (Wildman–Crippen LogP) is 3.13. The van der Waals surface area contributed by atoms with E-state index in [9.17, 15) is 14.7 Å². The molecule has 0 spiro atoms. The van der Waals surface area contributed by atoms with Crippen LogP contribution in [0.5, 0.6) is 0 Å². The number of carbonyl (C=O) groups is 2. The van der Waals surface area contributed by atoms with Crippen molar-refractivity contribution in [3.63, 3.8) is 0 Å². The Kier molecular flexibility index (Phi) is 4.27. The molecule has 1 saturated heterocycles. The minimum atomic E-state index is -0.886. The van der Waals surface area contributed by atoms with Gasteiger partial charge in [-0.2, -0.15) is 5.10 Å². The average molecular weight is 369 g/mol. The number of carboxylic acids is 1. The number of aromatic nitrogens is 2. The number of rotatable bonds is 3. The van der Waals surface area contributed by atoms with E-state index in [4.69, 9.17) is 11.6 Å². The second-order valence-corrected chi connectivity index (χ2v) is 7.82. The maximum absolute atomic E-state index is 12.4. The second-order valence-electron chi connectivity index (χ2n) is 6.11. The fourth-order valence-corrected chi connectivity index (χ4v) is 3.65. The third-order valence-corrected chi connectivity index (χ3v) is 5.47. The van der Waals surface area contributed by atoms with Crippen LogP contribution in [0.1, 0.15) is 13.3 Å². The van der Waals surface area contributed by atoms with Crippen LogP contribution in [0.3, 0.4) is 0 Å². The van der Waals surface area contributed by atoms with E-state index in [-0.39, 0.29) is 12.6 Å². The standard InChI is InChI=1S/C15H17ClN4O3S/c1-15(13(21)22)5-6-20(8-15)14(23)17-12-7-9(18-19(12)2)10-3-4-11(16)24-10/h3-4,7H,5-6,8H2,1-2H3,(H,17,23)(H,21,22). The highest BCUT2D eigenvalue weighted by molar-refractivity contribution is 7.19. The monoisotopic (exact) mass is 368 g/mol. The van der Waals surface area contributed by atoms with Gasteiger partial charge in [-0.3, -0.25) is 14.8 Å². The number of aliphatic carboxylic acids is 1. The normalized spacial score (nSPS) is 20.4. The summed E-state index contributed by atoms with van der Waals surface area (Å²) in [4.78, 5) is 26.1. The van der Waals surface area contributed by atoms with E-state index in [1.165, 1.54) is 16.2 Å². The van der Waals surface area contributed by atoms with Gasteiger partial charge in [-0.25, -0.2) is 4.79 Å². The molecule has 7 nitrogen and oxygen atoms in total. The van der Waals surface area contributed by atoms with E-state index < -0.39 is 11.4 Å². The molecule has 2 N–H and O–H groups in total. The zero-order valence-corrected chi connectivity index (χ0v) is 14.8. The van der Waals surface area contributed by atoms with E-state index in [1.54, 1.807) is 30.8 Å². The van der Waals surface area contributed by atoms with Gasteiger partial charge < -0.3 is 10.0 Å². The number of anilines is 1. The number of nitrogens with zero attached hydrogens (tertiary/aromatic N) is 3. The molecular weight excluding hydrogens is 352 g/mol. The highest BCUT2D eigenvalue weighted by atomic mass is 35.5. The molecule has 3 rings (SSSR count). The molecule has 2 aromatic heterocycles. The number of hydrogen-bond acceptors (Lipinski definition) is 4. The van der Waals surface area contributed by atoms with Crippen molar-refractivity contribution in [2.24, 2.45) is 12.5 Å². The molecule has 0 aromatic carbocycles. The fraction of sp³-hybridized carbons (Fsp3) is 0.400. The van der Waals surface area contributed by atoms with Crippen molar-refractivity contribution in [1.82, 2.24) is 14.7 Å². The Morgan fingerprint density at radius 2 is 2.21 bits per heavy atom. The molecule has 9 heteroatoms. The third-order valence-electron chi connectivity index (χ3n) is 4.22. The van der Waals surface area contributed by atoms with Gasteiger partial charge >= 0.3 is 12.0 Å². The van der Waals surface area contributed by atoms with Crippen molar-refractivity contribution in [3.8, 4) is 10.6 Å². The molecule has 128 valence electrons. The summed E-state index contributed by atoms with van der Waals surface area (Å²) in [5.41, 5.74) is -0.163. The molecule has 2 aromatic rings. The Morgan fingerprint density at radius 3 is 2.79 bits per heavy atom. The van der Waals surface area contributed by atoms with E-state index in [2.05, 4.69) is 10.4 Å². The first kappa shape index (κ1) is 16.8. The van der Waals surface area contributed by atoms with Crippen LogP contribution in [0, 0.1) is 5.41 Å². The molecule has 2 amide bonds. The number of amides is 2. The fourth-order valence-electron chi connectivity index (χ4n) is 2.65. The molecule has 0 aliphatic carbocycles. The minimum absolute atomic E-state index is 0.194. The summed E-state index contributed by atoms with van der Waals surface area (Å²) in [6.45, 7) is 2.27. The maximum atomic E-state index is 12.4. The summed E-state index contributed by atoms with van der Waals surface area (Å²) >= 11 is 7.35. The Balaban J connectivity index is 1.72. The van der Waals surface area contributed by atoms with Crippen molar-refractivity contribution in [3.05, 3.63) is 22.5 Å². The number of carbonyl (C=O) groups excluding carboxylic acids is 1. The summed E-state index contributed by atoms with van der Waals surface area (Å²) in [5, 5.41) is 16.4. The lowest BCUT2D eigenvalue weighted by Crippen LogP contribution is -2.37. The van der Waals surface area contributed by atoms with Crippen molar-refractivity contribution < 1.29 is 14.7 Å². The summed E-state index contributed by atoms with van der Waals surface area (Å²) in [5.74, 6) is -0.335. The Hall–Kier alpha value is -2.06. The summed E-state index contributed by atoms with van der Waals surface area (Å²) < 4.78 is 2.25. The van der Waals surface area contributed by atoms with Crippen LogP contribution in [-0.4, -0.2) is 44.9 Å². The number of likely N-dealkylation sites (tertiary alicyclic amines) is 1.